The summed E-state index contributed by atoms with van der Waals surface area (Å²) in [5.41, 5.74) is 2.67. The quantitative estimate of drug-likeness (QED) is 0.414. The summed E-state index contributed by atoms with van der Waals surface area (Å²) in [7, 11) is 0. The zero-order chi connectivity index (χ0) is 21.7. The van der Waals surface area contributed by atoms with E-state index in [-0.39, 0.29) is 18.3 Å². The third kappa shape index (κ3) is 4.88. The Hall–Kier alpha value is -2.72. The van der Waals surface area contributed by atoms with E-state index >= 15 is 0 Å². The van der Waals surface area contributed by atoms with Crippen molar-refractivity contribution in [3.8, 4) is 11.4 Å². The molecule has 1 amide bonds. The van der Waals surface area contributed by atoms with Gasteiger partial charge in [-0.25, -0.2) is 9.78 Å². The fourth-order valence-corrected chi connectivity index (χ4v) is 4.50. The van der Waals surface area contributed by atoms with Crippen molar-refractivity contribution in [2.75, 3.05) is 17.7 Å². The zero-order valence-corrected chi connectivity index (χ0v) is 18.9. The van der Waals surface area contributed by atoms with E-state index < -0.39 is 5.97 Å². The number of ether oxygens (including phenoxy) is 1. The molecule has 2 heterocycles. The highest BCUT2D eigenvalue weighted by molar-refractivity contribution is 7.99. The summed E-state index contributed by atoms with van der Waals surface area (Å²) in [5, 5.41) is 12.4. The van der Waals surface area contributed by atoms with E-state index in [4.69, 9.17) is 4.74 Å². The maximum atomic E-state index is 12.4. The Morgan fingerprint density at radius 3 is 2.67 bits per heavy atom. The summed E-state index contributed by atoms with van der Waals surface area (Å²) >= 11 is 2.42. The molecule has 0 spiro atoms. The SMILES string of the molecule is CCOC(=O)c1sc(NC(=O)CSc2nnc(-c3ccccc3C)n2CC)nc1C. The molecular formula is C20H23N5O3S2. The molecule has 1 aromatic carbocycles. The Morgan fingerprint density at radius 2 is 1.97 bits per heavy atom. The van der Waals surface area contributed by atoms with Crippen molar-refractivity contribution >= 4 is 40.1 Å². The highest BCUT2D eigenvalue weighted by atomic mass is 32.2. The molecular weight excluding hydrogens is 422 g/mol. The molecule has 0 bridgehead atoms. The second-order valence-electron chi connectivity index (χ2n) is 6.36. The van der Waals surface area contributed by atoms with Crippen molar-refractivity contribution < 1.29 is 14.3 Å². The van der Waals surface area contributed by atoms with Crippen LogP contribution >= 0.6 is 23.1 Å². The van der Waals surface area contributed by atoms with Gasteiger partial charge in [0.05, 0.1) is 18.1 Å². The molecule has 0 aliphatic rings. The van der Waals surface area contributed by atoms with Crippen LogP contribution in [0.3, 0.4) is 0 Å². The molecule has 1 N–H and O–H groups in total. The van der Waals surface area contributed by atoms with E-state index in [0.29, 0.717) is 27.4 Å². The maximum absolute atomic E-state index is 12.4. The molecule has 0 fully saturated rings. The summed E-state index contributed by atoms with van der Waals surface area (Å²) in [6, 6.07) is 8.00. The second-order valence-corrected chi connectivity index (χ2v) is 8.30. The number of carbonyl (C=O) groups excluding carboxylic acids is 2. The van der Waals surface area contributed by atoms with Crippen molar-refractivity contribution in [3.63, 3.8) is 0 Å². The monoisotopic (exact) mass is 445 g/mol. The number of amides is 1. The first-order valence-corrected chi connectivity index (χ1v) is 11.3. The number of thiazole rings is 1. The number of carbonyl (C=O) groups is 2. The lowest BCUT2D eigenvalue weighted by atomic mass is 10.1. The molecule has 0 unspecified atom stereocenters. The number of aryl methyl sites for hydroxylation is 2. The predicted molar refractivity (Wildman–Crippen MR) is 118 cm³/mol. The first kappa shape index (κ1) is 22.0. The third-order valence-electron chi connectivity index (χ3n) is 4.26. The van der Waals surface area contributed by atoms with Crippen molar-refractivity contribution in [3.05, 3.63) is 40.4 Å². The second kappa shape index (κ2) is 9.86. The van der Waals surface area contributed by atoms with Gasteiger partial charge >= 0.3 is 5.97 Å². The van der Waals surface area contributed by atoms with Crippen LogP contribution in [0.2, 0.25) is 0 Å². The number of esters is 1. The number of hydrogen-bond acceptors (Lipinski definition) is 8. The van der Waals surface area contributed by atoms with E-state index in [1.54, 1.807) is 13.8 Å². The Morgan fingerprint density at radius 1 is 1.20 bits per heavy atom. The number of nitrogens with zero attached hydrogens (tertiary/aromatic N) is 4. The van der Waals surface area contributed by atoms with Gasteiger partial charge in [-0.15, -0.1) is 10.2 Å². The number of benzene rings is 1. The van der Waals surface area contributed by atoms with Gasteiger partial charge in [0.2, 0.25) is 5.91 Å². The maximum Gasteiger partial charge on any atom is 0.350 e. The van der Waals surface area contributed by atoms with Gasteiger partial charge in [-0.1, -0.05) is 47.4 Å². The van der Waals surface area contributed by atoms with Crippen LogP contribution in [0.15, 0.2) is 29.4 Å². The molecule has 8 nitrogen and oxygen atoms in total. The highest BCUT2D eigenvalue weighted by Crippen LogP contribution is 2.27. The van der Waals surface area contributed by atoms with Crippen molar-refractivity contribution in [1.82, 2.24) is 19.7 Å². The lowest BCUT2D eigenvalue weighted by Gasteiger charge is -2.09. The molecule has 30 heavy (non-hydrogen) atoms. The largest absolute Gasteiger partial charge is 0.462 e. The number of thioether (sulfide) groups is 1. The van der Waals surface area contributed by atoms with Gasteiger partial charge in [0.25, 0.3) is 0 Å². The standard InChI is InChI=1S/C20H23N5O3S2/c1-5-25-17(14-10-8-7-9-12(14)3)23-24-20(25)29-11-15(26)22-19-21-13(4)16(30-19)18(27)28-6-2/h7-10H,5-6,11H2,1-4H3,(H,21,22,26). The van der Waals surface area contributed by atoms with E-state index in [2.05, 4.69) is 20.5 Å². The number of rotatable bonds is 8. The van der Waals surface area contributed by atoms with E-state index in [0.717, 1.165) is 28.3 Å². The summed E-state index contributed by atoms with van der Waals surface area (Å²) in [5.74, 6) is 0.279. The van der Waals surface area contributed by atoms with Crippen molar-refractivity contribution in [2.24, 2.45) is 0 Å². The first-order valence-electron chi connectivity index (χ1n) is 9.51. The number of hydrogen-bond donors (Lipinski definition) is 1. The van der Waals surface area contributed by atoms with Gasteiger partial charge in [0.15, 0.2) is 16.1 Å². The van der Waals surface area contributed by atoms with E-state index in [1.807, 2.05) is 42.7 Å². The van der Waals surface area contributed by atoms with Gasteiger partial charge in [-0.3, -0.25) is 4.79 Å². The summed E-state index contributed by atoms with van der Waals surface area (Å²) < 4.78 is 6.99. The molecule has 10 heteroatoms. The van der Waals surface area contributed by atoms with Crippen molar-refractivity contribution in [2.45, 2.75) is 39.4 Å². The predicted octanol–water partition coefficient (Wildman–Crippen LogP) is 3.95. The van der Waals surface area contributed by atoms with Crippen LogP contribution in [0.1, 0.15) is 34.8 Å². The normalized spacial score (nSPS) is 10.8. The molecule has 3 rings (SSSR count). The van der Waals surface area contributed by atoms with Gasteiger partial charge in [0, 0.05) is 12.1 Å². The molecule has 0 saturated carbocycles. The van der Waals surface area contributed by atoms with Crippen LogP contribution < -0.4 is 5.32 Å². The lowest BCUT2D eigenvalue weighted by Crippen LogP contribution is -2.14. The lowest BCUT2D eigenvalue weighted by molar-refractivity contribution is -0.113. The summed E-state index contributed by atoms with van der Waals surface area (Å²) in [6.45, 7) is 8.49. The molecule has 0 aliphatic carbocycles. The van der Waals surface area contributed by atoms with Crippen LogP contribution in [-0.2, 0) is 16.1 Å². The van der Waals surface area contributed by atoms with Crippen LogP contribution in [-0.4, -0.2) is 44.0 Å². The zero-order valence-electron chi connectivity index (χ0n) is 17.3. The minimum atomic E-state index is -0.429. The van der Waals surface area contributed by atoms with Crippen LogP contribution in [0, 0.1) is 13.8 Å². The van der Waals surface area contributed by atoms with Gasteiger partial charge in [-0.05, 0) is 33.3 Å². The minimum Gasteiger partial charge on any atom is -0.462 e. The smallest absolute Gasteiger partial charge is 0.350 e. The molecule has 2 aromatic heterocycles. The molecule has 158 valence electrons. The highest BCUT2D eigenvalue weighted by Gasteiger charge is 2.19. The summed E-state index contributed by atoms with van der Waals surface area (Å²) in [4.78, 5) is 28.9. The Kier molecular flexibility index (Phi) is 7.22. The number of aromatic nitrogens is 4. The van der Waals surface area contributed by atoms with Gasteiger partial charge in [-0.2, -0.15) is 0 Å². The molecule has 0 aliphatic heterocycles. The van der Waals surface area contributed by atoms with Crippen molar-refractivity contribution in [1.29, 1.82) is 0 Å². The van der Waals surface area contributed by atoms with E-state index in [1.165, 1.54) is 11.8 Å². The Balaban J connectivity index is 1.66. The summed E-state index contributed by atoms with van der Waals surface area (Å²) in [6.07, 6.45) is 0. The topological polar surface area (TPSA) is 99.0 Å². The Bertz CT molecular complexity index is 1060. The van der Waals surface area contributed by atoms with E-state index in [9.17, 15) is 9.59 Å². The molecule has 0 radical (unpaired) electrons. The minimum absolute atomic E-state index is 0.152. The molecule has 0 saturated heterocycles. The molecule has 3 aromatic rings. The fourth-order valence-electron chi connectivity index (χ4n) is 2.82. The van der Waals surface area contributed by atoms with Gasteiger partial charge in [0.1, 0.15) is 4.88 Å². The van der Waals surface area contributed by atoms with Crippen LogP contribution in [0.25, 0.3) is 11.4 Å². The molecule has 0 atom stereocenters. The fraction of sp³-hybridized carbons (Fsp3) is 0.350. The van der Waals surface area contributed by atoms with Crippen LogP contribution in [0.5, 0.6) is 0 Å². The average Bonchev–Trinajstić information content (AvgIpc) is 3.29. The number of nitrogens with one attached hydrogen (secondary N) is 1. The number of anilines is 1. The van der Waals surface area contributed by atoms with Crippen LogP contribution in [0.4, 0.5) is 5.13 Å². The average molecular weight is 446 g/mol. The first-order chi connectivity index (χ1) is 14.4. The Labute approximate surface area is 183 Å². The third-order valence-corrected chi connectivity index (χ3v) is 6.27. The van der Waals surface area contributed by atoms with Gasteiger partial charge < -0.3 is 14.6 Å².